The number of phenols is 1. The number of aliphatic hydroxyl groups excluding tert-OH is 4. The standard InChI is InChI=1S/C24H32O9/c1-24-7-6-13-12-5-3-11(25)8-10(12)2-4-14(13)15(24)9-16(21(24)29)32-23-19(28)17(26)18(27)20(33-23)22(30)31/h3,5,8,13-21,23,25-29H,2,4,6-7,9H2,1H3,(H,30,31)/t13-,14+,15-,16-,17-,18-,19+,20-,21+,23+,24-/m1/s1. The quantitative estimate of drug-likeness (QED) is 0.375. The molecule has 33 heavy (non-hydrogen) atoms. The smallest absolute Gasteiger partial charge is 0.335 e. The van der Waals surface area contributed by atoms with Crippen molar-refractivity contribution >= 4 is 5.97 Å². The maximum atomic E-state index is 11.4. The van der Waals surface area contributed by atoms with Crippen LogP contribution in [-0.4, -0.2) is 79.5 Å². The Morgan fingerprint density at radius 3 is 2.61 bits per heavy atom. The lowest BCUT2D eigenvalue weighted by molar-refractivity contribution is -0.309. The van der Waals surface area contributed by atoms with E-state index in [4.69, 9.17) is 9.47 Å². The van der Waals surface area contributed by atoms with Crippen LogP contribution in [-0.2, 0) is 20.7 Å². The predicted octanol–water partition coefficient (Wildman–Crippen LogP) is 0.496. The van der Waals surface area contributed by atoms with Crippen molar-refractivity contribution < 1.29 is 44.9 Å². The summed E-state index contributed by atoms with van der Waals surface area (Å²) < 4.78 is 11.2. The first-order valence-electron chi connectivity index (χ1n) is 11.7. The Bertz CT molecular complexity index is 921. The van der Waals surface area contributed by atoms with Gasteiger partial charge in [-0.05, 0) is 78.5 Å². The molecule has 5 rings (SSSR count). The number of carboxylic acid groups (broad SMARTS) is 1. The molecule has 1 saturated heterocycles. The number of ether oxygens (including phenoxy) is 2. The van der Waals surface area contributed by atoms with Crippen LogP contribution in [0, 0.1) is 17.3 Å². The molecule has 2 saturated carbocycles. The number of aryl methyl sites for hydroxylation is 1. The van der Waals surface area contributed by atoms with Crippen LogP contribution in [0.4, 0.5) is 0 Å². The van der Waals surface area contributed by atoms with Gasteiger partial charge in [0, 0.05) is 0 Å². The summed E-state index contributed by atoms with van der Waals surface area (Å²) >= 11 is 0. The molecule has 3 aliphatic carbocycles. The molecular formula is C24H32O9. The molecule has 3 fully saturated rings. The second-order valence-electron chi connectivity index (χ2n) is 10.4. The second kappa shape index (κ2) is 8.18. The summed E-state index contributed by atoms with van der Waals surface area (Å²) in [6.45, 7) is 2.06. The average molecular weight is 465 g/mol. The Labute approximate surface area is 191 Å². The highest BCUT2D eigenvalue weighted by Gasteiger charge is 2.59. The average Bonchev–Trinajstić information content (AvgIpc) is 3.03. The Balaban J connectivity index is 1.36. The highest BCUT2D eigenvalue weighted by molar-refractivity contribution is 5.73. The molecule has 11 atom stereocenters. The molecule has 9 heteroatoms. The van der Waals surface area contributed by atoms with Gasteiger partial charge in [0.05, 0.1) is 12.2 Å². The third kappa shape index (κ3) is 3.57. The molecule has 0 unspecified atom stereocenters. The zero-order chi connectivity index (χ0) is 23.7. The molecule has 1 aromatic carbocycles. The lowest BCUT2D eigenvalue weighted by atomic mass is 9.55. The van der Waals surface area contributed by atoms with Gasteiger partial charge in [-0.3, -0.25) is 0 Å². The van der Waals surface area contributed by atoms with Gasteiger partial charge in [-0.2, -0.15) is 0 Å². The number of aliphatic hydroxyl groups is 4. The van der Waals surface area contributed by atoms with Crippen molar-refractivity contribution in [3.63, 3.8) is 0 Å². The fraction of sp³-hybridized carbons (Fsp3) is 0.708. The van der Waals surface area contributed by atoms with E-state index in [0.29, 0.717) is 18.3 Å². The predicted molar refractivity (Wildman–Crippen MR) is 113 cm³/mol. The minimum Gasteiger partial charge on any atom is -0.508 e. The Morgan fingerprint density at radius 2 is 1.88 bits per heavy atom. The normalized spacial score (nSPS) is 46.8. The summed E-state index contributed by atoms with van der Waals surface area (Å²) in [5, 5.41) is 60.7. The highest BCUT2D eigenvalue weighted by Crippen LogP contribution is 2.61. The lowest BCUT2D eigenvalue weighted by Gasteiger charge is -2.49. The van der Waals surface area contributed by atoms with E-state index in [-0.39, 0.29) is 11.7 Å². The number of aliphatic carboxylic acids is 1. The van der Waals surface area contributed by atoms with Crippen LogP contribution in [0.2, 0.25) is 0 Å². The van der Waals surface area contributed by atoms with E-state index in [2.05, 4.69) is 6.92 Å². The summed E-state index contributed by atoms with van der Waals surface area (Å²) in [6.07, 6.45) is -5.89. The van der Waals surface area contributed by atoms with Gasteiger partial charge in [-0.15, -0.1) is 0 Å². The van der Waals surface area contributed by atoms with Crippen molar-refractivity contribution in [2.24, 2.45) is 17.3 Å². The Kier molecular flexibility index (Phi) is 5.70. The van der Waals surface area contributed by atoms with Gasteiger partial charge < -0.3 is 40.1 Å². The van der Waals surface area contributed by atoms with Crippen molar-refractivity contribution in [3.8, 4) is 5.75 Å². The van der Waals surface area contributed by atoms with Crippen LogP contribution in [0.1, 0.15) is 49.7 Å². The number of rotatable bonds is 3. The van der Waals surface area contributed by atoms with Gasteiger partial charge in [0.25, 0.3) is 0 Å². The van der Waals surface area contributed by atoms with E-state index < -0.39 is 54.3 Å². The van der Waals surface area contributed by atoms with E-state index in [1.165, 1.54) is 11.1 Å². The molecule has 1 aliphatic heterocycles. The van der Waals surface area contributed by atoms with Crippen LogP contribution in [0.15, 0.2) is 18.2 Å². The number of phenolic OH excluding ortho intramolecular Hbond substituents is 1. The van der Waals surface area contributed by atoms with E-state index in [0.717, 1.165) is 25.7 Å². The van der Waals surface area contributed by atoms with Crippen LogP contribution >= 0.6 is 0 Å². The van der Waals surface area contributed by atoms with Crippen molar-refractivity contribution in [2.75, 3.05) is 0 Å². The molecule has 0 bridgehead atoms. The van der Waals surface area contributed by atoms with Crippen LogP contribution in [0.5, 0.6) is 5.75 Å². The topological polar surface area (TPSA) is 157 Å². The minimum atomic E-state index is -1.78. The summed E-state index contributed by atoms with van der Waals surface area (Å²) in [5.74, 6) is -0.367. The summed E-state index contributed by atoms with van der Waals surface area (Å²) in [6, 6.07) is 5.58. The third-order valence-electron chi connectivity index (χ3n) is 8.78. The molecule has 0 radical (unpaired) electrons. The molecule has 9 nitrogen and oxygen atoms in total. The maximum absolute atomic E-state index is 11.4. The molecule has 182 valence electrons. The summed E-state index contributed by atoms with van der Waals surface area (Å²) in [5.41, 5.74) is 2.04. The first kappa shape index (κ1) is 23.0. The number of carbonyl (C=O) groups is 1. The zero-order valence-corrected chi connectivity index (χ0v) is 18.4. The van der Waals surface area contributed by atoms with Gasteiger partial charge in [0.2, 0.25) is 0 Å². The van der Waals surface area contributed by atoms with Crippen LogP contribution in [0.3, 0.4) is 0 Å². The fourth-order valence-electron chi connectivity index (χ4n) is 7.00. The third-order valence-corrected chi connectivity index (χ3v) is 8.78. The summed E-state index contributed by atoms with van der Waals surface area (Å²) in [7, 11) is 0. The van der Waals surface area contributed by atoms with Crippen molar-refractivity contribution in [1.29, 1.82) is 0 Å². The van der Waals surface area contributed by atoms with Gasteiger partial charge in [-0.25, -0.2) is 4.79 Å². The van der Waals surface area contributed by atoms with Crippen LogP contribution < -0.4 is 0 Å². The largest absolute Gasteiger partial charge is 0.508 e. The number of benzene rings is 1. The zero-order valence-electron chi connectivity index (χ0n) is 18.4. The monoisotopic (exact) mass is 464 g/mol. The molecule has 0 spiro atoms. The molecule has 0 amide bonds. The first-order valence-corrected chi connectivity index (χ1v) is 11.7. The van der Waals surface area contributed by atoms with Crippen molar-refractivity contribution in [3.05, 3.63) is 29.3 Å². The molecule has 6 N–H and O–H groups in total. The lowest BCUT2D eigenvalue weighted by Crippen LogP contribution is -2.61. The highest BCUT2D eigenvalue weighted by atomic mass is 16.7. The van der Waals surface area contributed by atoms with Crippen molar-refractivity contribution in [2.45, 2.75) is 87.9 Å². The van der Waals surface area contributed by atoms with Crippen LogP contribution in [0.25, 0.3) is 0 Å². The number of aromatic hydroxyl groups is 1. The van der Waals surface area contributed by atoms with E-state index in [1.807, 2.05) is 12.1 Å². The van der Waals surface area contributed by atoms with Gasteiger partial charge in [0.1, 0.15) is 24.1 Å². The number of fused-ring (bicyclic) bond motifs is 5. The van der Waals surface area contributed by atoms with E-state index >= 15 is 0 Å². The summed E-state index contributed by atoms with van der Waals surface area (Å²) in [4.78, 5) is 11.4. The second-order valence-corrected chi connectivity index (χ2v) is 10.4. The van der Waals surface area contributed by atoms with Crippen molar-refractivity contribution in [1.82, 2.24) is 0 Å². The SMILES string of the molecule is C[C@@]12CC[C@@H]3c4ccc(O)cc4CC[C@@H]3[C@H]1C[C@@H](O[C@H]1O[C@@H](C(=O)O)[C@H](O)[C@@H](O)[C@@H]1O)[C@@H]2O. The van der Waals surface area contributed by atoms with E-state index in [9.17, 15) is 35.4 Å². The minimum absolute atomic E-state index is 0.157. The van der Waals surface area contributed by atoms with Gasteiger partial charge in [0.15, 0.2) is 12.4 Å². The first-order chi connectivity index (χ1) is 15.6. The molecule has 4 aliphatic rings. The van der Waals surface area contributed by atoms with Gasteiger partial charge in [-0.1, -0.05) is 13.0 Å². The maximum Gasteiger partial charge on any atom is 0.335 e. The number of hydrogen-bond donors (Lipinski definition) is 6. The van der Waals surface area contributed by atoms with E-state index in [1.54, 1.807) is 6.07 Å². The number of hydrogen-bond acceptors (Lipinski definition) is 8. The Morgan fingerprint density at radius 1 is 1.12 bits per heavy atom. The number of carboxylic acids is 1. The molecule has 1 heterocycles. The molecule has 1 aromatic rings. The van der Waals surface area contributed by atoms with Gasteiger partial charge >= 0.3 is 5.97 Å². The molecule has 0 aromatic heterocycles. The molecular weight excluding hydrogens is 432 g/mol. The fourth-order valence-corrected chi connectivity index (χ4v) is 7.00. The Hall–Kier alpha value is -1.75.